The van der Waals surface area contributed by atoms with Crippen LogP contribution in [0.1, 0.15) is 56.3 Å². The van der Waals surface area contributed by atoms with Crippen molar-refractivity contribution in [3.63, 3.8) is 0 Å². The fourth-order valence-electron chi connectivity index (χ4n) is 2.73. The van der Waals surface area contributed by atoms with Crippen LogP contribution in [-0.4, -0.2) is 26.4 Å². The second-order valence-corrected chi connectivity index (χ2v) is 8.73. The number of carbonyl (C=O) groups excluding carboxylic acids is 1. The summed E-state index contributed by atoms with van der Waals surface area (Å²) in [5.41, 5.74) is 2.43. The zero-order valence-electron chi connectivity index (χ0n) is 14.6. The van der Waals surface area contributed by atoms with E-state index in [0.717, 1.165) is 42.2 Å². The first-order valence-corrected chi connectivity index (χ1v) is 9.81. The van der Waals surface area contributed by atoms with E-state index in [2.05, 4.69) is 5.32 Å². The van der Waals surface area contributed by atoms with Gasteiger partial charge in [0.05, 0.1) is 18.9 Å². The molecule has 2 rings (SSSR count). The lowest BCUT2D eigenvalue weighted by Gasteiger charge is -2.28. The van der Waals surface area contributed by atoms with Crippen molar-refractivity contribution in [2.75, 3.05) is 6.26 Å². The van der Waals surface area contributed by atoms with Crippen LogP contribution in [0.2, 0.25) is 0 Å². The van der Waals surface area contributed by atoms with Crippen LogP contribution in [0.25, 0.3) is 0 Å². The Kier molecular flexibility index (Phi) is 5.55. The molecule has 0 aliphatic heterocycles. The lowest BCUT2D eigenvalue weighted by atomic mass is 9.87. The van der Waals surface area contributed by atoms with E-state index in [4.69, 9.17) is 8.92 Å². The molecule has 0 saturated heterocycles. The molecule has 1 aromatic carbocycles. The molecule has 0 heterocycles. The number of hydrogen-bond acceptors (Lipinski definition) is 5. The van der Waals surface area contributed by atoms with Crippen LogP contribution in [0.5, 0.6) is 0 Å². The molecule has 1 aliphatic carbocycles. The fraction of sp³-hybridized carbons (Fsp3) is 0.588. The molecule has 1 N–H and O–H groups in total. The van der Waals surface area contributed by atoms with Gasteiger partial charge in [0.25, 0.3) is 10.1 Å². The van der Waals surface area contributed by atoms with Gasteiger partial charge >= 0.3 is 6.09 Å². The Hall–Kier alpha value is -1.60. The number of aryl methyl sites for hydroxylation is 1. The smallest absolute Gasteiger partial charge is 0.408 e. The van der Waals surface area contributed by atoms with Gasteiger partial charge in [0.1, 0.15) is 5.60 Å². The summed E-state index contributed by atoms with van der Waals surface area (Å²) in [4.78, 5) is 12.0. The van der Waals surface area contributed by atoms with E-state index >= 15 is 0 Å². The summed E-state index contributed by atoms with van der Waals surface area (Å²) in [5.74, 6) is 0. The van der Waals surface area contributed by atoms with E-state index in [9.17, 15) is 13.2 Å². The molecule has 1 aliphatic rings. The van der Waals surface area contributed by atoms with Crippen molar-refractivity contribution in [3.8, 4) is 0 Å². The molecule has 0 aromatic heterocycles. The molecular weight excluding hydrogens is 330 g/mol. The minimum atomic E-state index is -3.46. The van der Waals surface area contributed by atoms with Gasteiger partial charge in [0, 0.05) is 0 Å². The molecule has 6 nitrogen and oxygen atoms in total. The summed E-state index contributed by atoms with van der Waals surface area (Å²) in [6, 6.07) is 5.62. The van der Waals surface area contributed by atoms with Gasteiger partial charge in [-0.3, -0.25) is 4.18 Å². The minimum Gasteiger partial charge on any atom is -0.444 e. The molecule has 0 bridgehead atoms. The largest absolute Gasteiger partial charge is 0.444 e. The van der Waals surface area contributed by atoms with Crippen LogP contribution in [-0.2, 0) is 32.1 Å². The number of benzene rings is 1. The number of hydrogen-bond donors (Lipinski definition) is 1. The summed E-state index contributed by atoms with van der Waals surface area (Å²) in [5, 5.41) is 2.92. The molecule has 24 heavy (non-hydrogen) atoms. The number of amides is 1. The predicted molar refractivity (Wildman–Crippen MR) is 91.1 cm³/mol. The summed E-state index contributed by atoms with van der Waals surface area (Å²) in [7, 11) is -3.46. The predicted octanol–water partition coefficient (Wildman–Crippen LogP) is 3.06. The monoisotopic (exact) mass is 355 g/mol. The highest BCUT2D eigenvalue weighted by atomic mass is 32.2. The normalized spacial score (nSPS) is 17.9. The first-order chi connectivity index (χ1) is 11.0. The summed E-state index contributed by atoms with van der Waals surface area (Å²) in [6.45, 7) is 5.51. The zero-order valence-corrected chi connectivity index (χ0v) is 15.4. The second kappa shape index (κ2) is 7.11. The Morgan fingerprint density at radius 2 is 2.04 bits per heavy atom. The van der Waals surface area contributed by atoms with Crippen LogP contribution in [0.3, 0.4) is 0 Å². The van der Waals surface area contributed by atoms with E-state index in [0.29, 0.717) is 0 Å². The van der Waals surface area contributed by atoms with Gasteiger partial charge in [-0.15, -0.1) is 0 Å². The van der Waals surface area contributed by atoms with Crippen LogP contribution in [0, 0.1) is 0 Å². The average Bonchev–Trinajstić information content (AvgIpc) is 2.42. The highest BCUT2D eigenvalue weighted by Gasteiger charge is 2.24. The van der Waals surface area contributed by atoms with Crippen molar-refractivity contribution in [1.82, 2.24) is 5.32 Å². The summed E-state index contributed by atoms with van der Waals surface area (Å²) in [6.07, 6.45) is 3.31. The number of carbonyl (C=O) groups is 1. The molecule has 1 amide bonds. The van der Waals surface area contributed by atoms with Crippen molar-refractivity contribution in [2.45, 2.75) is 58.3 Å². The fourth-order valence-corrected chi connectivity index (χ4v) is 3.08. The van der Waals surface area contributed by atoms with E-state index in [1.54, 1.807) is 0 Å². The van der Waals surface area contributed by atoms with Crippen molar-refractivity contribution < 1.29 is 22.1 Å². The van der Waals surface area contributed by atoms with Gasteiger partial charge in [-0.25, -0.2) is 4.79 Å². The number of nitrogens with one attached hydrogen (secondary N) is 1. The maximum Gasteiger partial charge on any atom is 0.408 e. The summed E-state index contributed by atoms with van der Waals surface area (Å²) >= 11 is 0. The Morgan fingerprint density at radius 1 is 1.33 bits per heavy atom. The van der Waals surface area contributed by atoms with Crippen LogP contribution >= 0.6 is 0 Å². The maximum atomic E-state index is 12.0. The Morgan fingerprint density at radius 3 is 2.67 bits per heavy atom. The quantitative estimate of drug-likeness (QED) is 0.840. The van der Waals surface area contributed by atoms with Gasteiger partial charge < -0.3 is 10.1 Å². The number of alkyl carbamates (subject to hydrolysis) is 1. The zero-order chi connectivity index (χ0) is 18.0. The van der Waals surface area contributed by atoms with Crippen LogP contribution in [0.15, 0.2) is 18.2 Å². The number of rotatable bonds is 4. The first-order valence-electron chi connectivity index (χ1n) is 7.99. The molecule has 0 radical (unpaired) electrons. The molecule has 0 spiro atoms. The standard InChI is InChI=1S/C17H25NO5S/c1-17(2,3)23-16(19)18-15-7-5-6-13-10-12(8-9-14(13)15)11-22-24(4,20)21/h8-10,15H,5-7,11H2,1-4H3,(H,18,19)/t15-/m0/s1. The highest BCUT2D eigenvalue weighted by molar-refractivity contribution is 7.85. The molecule has 1 aromatic rings. The molecular formula is C17H25NO5S. The number of fused-ring (bicyclic) bond motifs is 1. The van der Waals surface area contributed by atoms with Crippen molar-refractivity contribution >= 4 is 16.2 Å². The van der Waals surface area contributed by atoms with Gasteiger partial charge in [0.2, 0.25) is 0 Å². The molecule has 7 heteroatoms. The van der Waals surface area contributed by atoms with Gasteiger partial charge in [-0.05, 0) is 56.7 Å². The molecule has 134 valence electrons. The Balaban J connectivity index is 2.09. The van der Waals surface area contributed by atoms with Crippen LogP contribution < -0.4 is 5.32 Å². The van der Waals surface area contributed by atoms with E-state index in [1.807, 2.05) is 39.0 Å². The number of ether oxygens (including phenoxy) is 1. The Bertz CT molecular complexity index is 706. The minimum absolute atomic E-state index is 0.0241. The topological polar surface area (TPSA) is 81.7 Å². The van der Waals surface area contributed by atoms with E-state index in [1.165, 1.54) is 0 Å². The molecule has 0 fully saturated rings. The van der Waals surface area contributed by atoms with Crippen molar-refractivity contribution in [2.24, 2.45) is 0 Å². The van der Waals surface area contributed by atoms with Gasteiger partial charge in [-0.1, -0.05) is 18.2 Å². The SMILES string of the molecule is CC(C)(C)OC(=O)N[C@H]1CCCc2cc(COS(C)(=O)=O)ccc21. The molecule has 1 atom stereocenters. The third-order valence-corrected chi connectivity index (χ3v) is 4.20. The molecule has 0 saturated carbocycles. The van der Waals surface area contributed by atoms with Crippen molar-refractivity contribution in [1.29, 1.82) is 0 Å². The first kappa shape index (κ1) is 18.7. The third kappa shape index (κ3) is 5.79. The van der Waals surface area contributed by atoms with Gasteiger partial charge in [0.15, 0.2) is 0 Å². The second-order valence-electron chi connectivity index (χ2n) is 7.09. The Labute approximate surface area is 143 Å². The lowest BCUT2D eigenvalue weighted by Crippen LogP contribution is -2.36. The highest BCUT2D eigenvalue weighted by Crippen LogP contribution is 2.31. The summed E-state index contributed by atoms with van der Waals surface area (Å²) < 4.78 is 32.3. The van der Waals surface area contributed by atoms with Gasteiger partial charge in [-0.2, -0.15) is 8.42 Å². The lowest BCUT2D eigenvalue weighted by molar-refractivity contribution is 0.0498. The maximum absolute atomic E-state index is 12.0. The van der Waals surface area contributed by atoms with E-state index in [-0.39, 0.29) is 12.6 Å². The van der Waals surface area contributed by atoms with Crippen LogP contribution in [0.4, 0.5) is 4.79 Å². The molecule has 0 unspecified atom stereocenters. The third-order valence-electron chi connectivity index (χ3n) is 3.65. The average molecular weight is 355 g/mol. The van der Waals surface area contributed by atoms with Crippen molar-refractivity contribution in [3.05, 3.63) is 34.9 Å². The van der Waals surface area contributed by atoms with E-state index < -0.39 is 21.8 Å².